The monoisotopic (exact) mass is 447 g/mol. The molecule has 1 aliphatic rings. The topological polar surface area (TPSA) is 82.1 Å². The predicted octanol–water partition coefficient (Wildman–Crippen LogP) is 3.21. The molecule has 0 aliphatic carbocycles. The van der Waals surface area contributed by atoms with Crippen LogP contribution >= 0.6 is 0 Å². The van der Waals surface area contributed by atoms with Crippen LogP contribution < -0.4 is 0 Å². The van der Waals surface area contributed by atoms with Gasteiger partial charge < -0.3 is 19.0 Å². The van der Waals surface area contributed by atoms with Crippen LogP contribution in [0.2, 0.25) is 0 Å². The van der Waals surface area contributed by atoms with Crippen LogP contribution in [-0.4, -0.2) is 50.3 Å². The Morgan fingerprint density at radius 2 is 1.74 bits per heavy atom. The standard InChI is InChI=1S/C23H29NO6S/c1-18(14-25)22-21(16-29-23(2,3)30-22)24(17-28-15-19-10-6-4-7-11-19)31(26,27)20-12-8-5-9-13-20/h4-14,18,21-22H,15-17H2,1-3H3/t18-,21-,22-/m1/s1. The molecule has 2 aromatic rings. The highest BCUT2D eigenvalue weighted by Gasteiger charge is 2.46. The summed E-state index contributed by atoms with van der Waals surface area (Å²) in [5, 5.41) is 0. The van der Waals surface area contributed by atoms with Gasteiger partial charge in [-0.2, -0.15) is 4.31 Å². The van der Waals surface area contributed by atoms with Crippen molar-refractivity contribution in [1.82, 2.24) is 4.31 Å². The van der Waals surface area contributed by atoms with E-state index in [1.54, 1.807) is 39.0 Å². The van der Waals surface area contributed by atoms with Crippen molar-refractivity contribution < 1.29 is 27.4 Å². The molecular weight excluding hydrogens is 418 g/mol. The van der Waals surface area contributed by atoms with Gasteiger partial charge in [-0.05, 0) is 31.5 Å². The molecule has 0 bridgehead atoms. The van der Waals surface area contributed by atoms with Gasteiger partial charge in [0.2, 0.25) is 10.0 Å². The van der Waals surface area contributed by atoms with E-state index in [0.29, 0.717) is 0 Å². The molecule has 0 radical (unpaired) electrons. The number of rotatable bonds is 9. The van der Waals surface area contributed by atoms with E-state index in [1.807, 2.05) is 30.3 Å². The van der Waals surface area contributed by atoms with E-state index in [2.05, 4.69) is 0 Å². The van der Waals surface area contributed by atoms with Gasteiger partial charge in [0.1, 0.15) is 13.0 Å². The number of carbonyl (C=O) groups is 1. The summed E-state index contributed by atoms with van der Waals surface area (Å²) in [4.78, 5) is 11.7. The van der Waals surface area contributed by atoms with Crippen molar-refractivity contribution in [2.45, 2.75) is 50.2 Å². The Balaban J connectivity index is 1.91. The van der Waals surface area contributed by atoms with Gasteiger partial charge in [-0.25, -0.2) is 8.42 Å². The molecule has 31 heavy (non-hydrogen) atoms. The molecule has 8 heteroatoms. The third-order valence-electron chi connectivity index (χ3n) is 5.18. The van der Waals surface area contributed by atoms with Gasteiger partial charge in [0.25, 0.3) is 0 Å². The number of nitrogens with zero attached hydrogens (tertiary/aromatic N) is 1. The Bertz CT molecular complexity index is 949. The van der Waals surface area contributed by atoms with E-state index >= 15 is 0 Å². The first kappa shape index (κ1) is 23.6. The Hall–Kier alpha value is -2.10. The first-order valence-corrected chi connectivity index (χ1v) is 11.6. The van der Waals surface area contributed by atoms with Gasteiger partial charge in [-0.1, -0.05) is 55.5 Å². The molecule has 3 rings (SSSR count). The molecule has 1 heterocycles. The maximum absolute atomic E-state index is 13.5. The van der Waals surface area contributed by atoms with Crippen LogP contribution in [0.3, 0.4) is 0 Å². The second-order valence-corrected chi connectivity index (χ2v) is 9.91. The number of hydrogen-bond acceptors (Lipinski definition) is 6. The molecule has 1 aliphatic heterocycles. The first-order chi connectivity index (χ1) is 14.7. The molecule has 0 aromatic heterocycles. The van der Waals surface area contributed by atoms with Crippen molar-refractivity contribution in [3.63, 3.8) is 0 Å². The highest BCUT2D eigenvalue weighted by molar-refractivity contribution is 7.89. The number of benzene rings is 2. The minimum atomic E-state index is -3.93. The fourth-order valence-corrected chi connectivity index (χ4v) is 5.02. The van der Waals surface area contributed by atoms with Crippen LogP contribution in [0.4, 0.5) is 0 Å². The molecule has 3 atom stereocenters. The largest absolute Gasteiger partial charge is 0.360 e. The Labute approximate surface area is 184 Å². The molecule has 1 saturated heterocycles. The average Bonchev–Trinajstić information content (AvgIpc) is 2.77. The normalized spacial score (nSPS) is 22.2. The maximum Gasteiger partial charge on any atom is 0.245 e. The minimum absolute atomic E-state index is 0.0800. The molecule has 1 fully saturated rings. The zero-order valence-electron chi connectivity index (χ0n) is 18.0. The van der Waals surface area contributed by atoms with Gasteiger partial charge in [-0.3, -0.25) is 0 Å². The fraction of sp³-hybridized carbons (Fsp3) is 0.435. The van der Waals surface area contributed by atoms with E-state index in [9.17, 15) is 13.2 Å². The molecule has 2 aromatic carbocycles. The highest BCUT2D eigenvalue weighted by atomic mass is 32.2. The van der Waals surface area contributed by atoms with Crippen LogP contribution in [-0.2, 0) is 35.6 Å². The predicted molar refractivity (Wildman–Crippen MR) is 115 cm³/mol. The fourth-order valence-electron chi connectivity index (χ4n) is 3.50. The van der Waals surface area contributed by atoms with Crippen LogP contribution in [0.25, 0.3) is 0 Å². The third-order valence-corrected chi connectivity index (χ3v) is 7.05. The molecular formula is C23H29NO6S. The second kappa shape index (κ2) is 10.0. The maximum atomic E-state index is 13.5. The van der Waals surface area contributed by atoms with Gasteiger partial charge in [0, 0.05) is 5.92 Å². The molecule has 0 unspecified atom stereocenters. The summed E-state index contributed by atoms with van der Waals surface area (Å²) in [6.07, 6.45) is 0.0945. The van der Waals surface area contributed by atoms with Crippen molar-refractivity contribution in [1.29, 1.82) is 0 Å². The average molecular weight is 448 g/mol. The quantitative estimate of drug-likeness (QED) is 0.434. The van der Waals surface area contributed by atoms with Crippen LogP contribution in [0.1, 0.15) is 26.3 Å². The number of aldehydes is 1. The zero-order valence-corrected chi connectivity index (χ0v) is 18.8. The number of ether oxygens (including phenoxy) is 3. The summed E-state index contributed by atoms with van der Waals surface area (Å²) in [6.45, 7) is 5.33. The summed E-state index contributed by atoms with van der Waals surface area (Å²) >= 11 is 0. The Kier molecular flexibility index (Phi) is 7.61. The molecule has 0 spiro atoms. The Morgan fingerprint density at radius 3 is 2.35 bits per heavy atom. The second-order valence-electron chi connectivity index (χ2n) is 8.02. The molecule has 0 saturated carbocycles. The van der Waals surface area contributed by atoms with E-state index < -0.39 is 33.9 Å². The number of hydrogen-bond donors (Lipinski definition) is 0. The summed E-state index contributed by atoms with van der Waals surface area (Å²) in [7, 11) is -3.93. The van der Waals surface area contributed by atoms with Gasteiger partial charge in [0.15, 0.2) is 5.79 Å². The highest BCUT2D eigenvalue weighted by Crippen LogP contribution is 2.32. The van der Waals surface area contributed by atoms with E-state index in [1.165, 1.54) is 16.4 Å². The lowest BCUT2D eigenvalue weighted by Gasteiger charge is -2.45. The lowest BCUT2D eigenvalue weighted by Crippen LogP contribution is -2.59. The molecule has 0 amide bonds. The lowest BCUT2D eigenvalue weighted by atomic mass is 9.97. The summed E-state index contributed by atoms with van der Waals surface area (Å²) in [5.41, 5.74) is 0.926. The molecule has 168 valence electrons. The Morgan fingerprint density at radius 1 is 1.13 bits per heavy atom. The summed E-state index contributed by atoms with van der Waals surface area (Å²) in [5.74, 6) is -1.46. The van der Waals surface area contributed by atoms with Crippen molar-refractivity contribution in [3.05, 3.63) is 66.2 Å². The van der Waals surface area contributed by atoms with E-state index in [0.717, 1.165) is 11.8 Å². The summed E-state index contributed by atoms with van der Waals surface area (Å²) in [6, 6.07) is 16.9. The lowest BCUT2D eigenvalue weighted by molar-refractivity contribution is -0.297. The smallest absolute Gasteiger partial charge is 0.245 e. The first-order valence-electron chi connectivity index (χ1n) is 10.2. The molecule has 0 N–H and O–H groups in total. The van der Waals surface area contributed by atoms with Crippen molar-refractivity contribution in [3.8, 4) is 0 Å². The van der Waals surface area contributed by atoms with Crippen molar-refractivity contribution >= 4 is 16.3 Å². The van der Waals surface area contributed by atoms with Crippen LogP contribution in [0.5, 0.6) is 0 Å². The number of sulfonamides is 1. The minimum Gasteiger partial charge on any atom is -0.360 e. The van der Waals surface area contributed by atoms with Gasteiger partial charge in [-0.15, -0.1) is 0 Å². The van der Waals surface area contributed by atoms with E-state index in [-0.39, 0.29) is 24.8 Å². The van der Waals surface area contributed by atoms with Crippen molar-refractivity contribution in [2.75, 3.05) is 13.3 Å². The van der Waals surface area contributed by atoms with E-state index in [4.69, 9.17) is 14.2 Å². The SMILES string of the molecule is C[C@H](C=O)[C@H]1OC(C)(C)OC[C@H]1N(COCc1ccccc1)S(=O)(=O)c1ccccc1. The van der Waals surface area contributed by atoms with Crippen LogP contribution in [0, 0.1) is 5.92 Å². The molecule has 7 nitrogen and oxygen atoms in total. The summed E-state index contributed by atoms with van der Waals surface area (Å²) < 4.78 is 45.9. The van der Waals surface area contributed by atoms with Gasteiger partial charge >= 0.3 is 0 Å². The zero-order chi connectivity index (χ0) is 22.5. The van der Waals surface area contributed by atoms with Crippen molar-refractivity contribution in [2.24, 2.45) is 5.92 Å². The van der Waals surface area contributed by atoms with Gasteiger partial charge in [0.05, 0.1) is 30.3 Å². The number of carbonyl (C=O) groups excluding carboxylic acids is 1. The third kappa shape index (κ3) is 5.78. The van der Waals surface area contributed by atoms with Crippen LogP contribution in [0.15, 0.2) is 65.6 Å².